The van der Waals surface area contributed by atoms with Crippen molar-refractivity contribution in [1.29, 1.82) is 0 Å². The highest BCUT2D eigenvalue weighted by Gasteiger charge is 2.15. The van der Waals surface area contributed by atoms with Crippen LogP contribution in [-0.4, -0.2) is 63.1 Å². The smallest absolute Gasteiger partial charge is 0.181 e. The van der Waals surface area contributed by atoms with Gasteiger partial charge in [0.1, 0.15) is 0 Å². The maximum atomic E-state index is 4.61. The Bertz CT molecular complexity index is 1360. The number of H-pyrrole nitrogens is 1. The van der Waals surface area contributed by atoms with Crippen molar-refractivity contribution in [2.45, 2.75) is 0 Å². The normalized spacial score (nSPS) is 14.8. The van der Waals surface area contributed by atoms with Crippen LogP contribution in [0.1, 0.15) is 0 Å². The highest BCUT2D eigenvalue weighted by molar-refractivity contribution is 5.93. The third-order valence-electron chi connectivity index (χ3n) is 6.40. The lowest BCUT2D eigenvalue weighted by molar-refractivity contribution is 0.313. The van der Waals surface area contributed by atoms with Crippen LogP contribution in [0.15, 0.2) is 79.3 Å². The molecule has 6 rings (SSSR count). The second kappa shape index (κ2) is 8.18. The van der Waals surface area contributed by atoms with Gasteiger partial charge in [0.25, 0.3) is 0 Å². The van der Waals surface area contributed by atoms with Gasteiger partial charge in [-0.15, -0.1) is 0 Å². The van der Waals surface area contributed by atoms with Gasteiger partial charge in [0.05, 0.1) is 11.4 Å². The Kier molecular flexibility index (Phi) is 4.88. The molecule has 1 N–H and O–H groups in total. The average molecular weight is 436 g/mol. The summed E-state index contributed by atoms with van der Waals surface area (Å²) in [7, 11) is 2.18. The Morgan fingerprint density at radius 2 is 1.55 bits per heavy atom. The van der Waals surface area contributed by atoms with Gasteiger partial charge in [0, 0.05) is 67.0 Å². The summed E-state index contributed by atoms with van der Waals surface area (Å²) in [6.07, 6.45) is 5.62. The van der Waals surface area contributed by atoms with Gasteiger partial charge in [-0.1, -0.05) is 24.3 Å². The highest BCUT2D eigenvalue weighted by Crippen LogP contribution is 2.30. The van der Waals surface area contributed by atoms with Gasteiger partial charge < -0.3 is 9.80 Å². The molecule has 0 aliphatic carbocycles. The number of pyridine rings is 1. The van der Waals surface area contributed by atoms with Gasteiger partial charge in [0.15, 0.2) is 5.65 Å². The fourth-order valence-electron chi connectivity index (χ4n) is 4.41. The van der Waals surface area contributed by atoms with Crippen molar-refractivity contribution in [2.24, 2.45) is 0 Å². The molecule has 33 heavy (non-hydrogen) atoms. The molecule has 0 atom stereocenters. The molecule has 0 spiro atoms. The third kappa shape index (κ3) is 3.76. The first kappa shape index (κ1) is 19.7. The van der Waals surface area contributed by atoms with Gasteiger partial charge >= 0.3 is 0 Å². The fourth-order valence-corrected chi connectivity index (χ4v) is 4.41. The van der Waals surface area contributed by atoms with E-state index in [0.717, 1.165) is 65.3 Å². The molecular weight excluding hydrogens is 410 g/mol. The van der Waals surface area contributed by atoms with Crippen molar-refractivity contribution in [3.8, 4) is 28.1 Å². The number of aromatic amines is 1. The van der Waals surface area contributed by atoms with Gasteiger partial charge in [-0.05, 0) is 49.0 Å². The minimum Gasteiger partial charge on any atom is -0.369 e. The summed E-state index contributed by atoms with van der Waals surface area (Å²) in [5.41, 5.74) is 7.30. The quantitative estimate of drug-likeness (QED) is 0.458. The molecule has 1 aliphatic rings. The first-order chi connectivity index (χ1) is 16.2. The minimum absolute atomic E-state index is 0.721. The van der Waals surface area contributed by atoms with Gasteiger partial charge in [0.2, 0.25) is 0 Å². The van der Waals surface area contributed by atoms with Gasteiger partial charge in [-0.25, -0.2) is 9.67 Å². The van der Waals surface area contributed by atoms with Crippen molar-refractivity contribution in [1.82, 2.24) is 29.9 Å². The van der Waals surface area contributed by atoms with Gasteiger partial charge in [-0.2, -0.15) is 10.2 Å². The van der Waals surface area contributed by atoms with E-state index in [1.807, 2.05) is 23.1 Å². The van der Waals surface area contributed by atoms with Crippen molar-refractivity contribution in [3.63, 3.8) is 0 Å². The Morgan fingerprint density at radius 1 is 0.818 bits per heavy atom. The van der Waals surface area contributed by atoms with Crippen LogP contribution in [0.4, 0.5) is 5.69 Å². The van der Waals surface area contributed by atoms with Crippen molar-refractivity contribution in [3.05, 3.63) is 79.3 Å². The van der Waals surface area contributed by atoms with E-state index < -0.39 is 0 Å². The molecule has 4 heterocycles. The lowest BCUT2D eigenvalue weighted by Crippen LogP contribution is -2.44. The zero-order chi connectivity index (χ0) is 22.2. The Labute approximate surface area is 192 Å². The SMILES string of the molecule is CN1CCN(c2ccc(-c3cnc4n[nH]c(-c5ccc(-n6cccn6)cc5)c4c3)cc2)CC1. The number of likely N-dealkylation sites (N-methyl/N-ethyl adjacent to an activating group) is 1. The Morgan fingerprint density at radius 3 is 2.27 bits per heavy atom. The lowest BCUT2D eigenvalue weighted by atomic mass is 10.0. The van der Waals surface area contributed by atoms with E-state index in [9.17, 15) is 0 Å². The number of rotatable bonds is 4. The molecule has 0 unspecified atom stereocenters. The number of nitrogens with zero attached hydrogens (tertiary/aromatic N) is 6. The maximum Gasteiger partial charge on any atom is 0.181 e. The molecule has 0 bridgehead atoms. The number of anilines is 1. The molecular formula is C26H25N7. The fraction of sp³-hybridized carbons (Fsp3) is 0.192. The van der Waals surface area contributed by atoms with Crippen LogP contribution in [-0.2, 0) is 0 Å². The molecule has 164 valence electrons. The van der Waals surface area contributed by atoms with Crippen LogP contribution < -0.4 is 4.90 Å². The molecule has 1 aliphatic heterocycles. The summed E-state index contributed by atoms with van der Waals surface area (Å²) in [4.78, 5) is 9.44. The second-order valence-corrected chi connectivity index (χ2v) is 8.53. The first-order valence-corrected chi connectivity index (χ1v) is 11.2. The first-order valence-electron chi connectivity index (χ1n) is 11.2. The predicted octanol–water partition coefficient (Wildman–Crippen LogP) is 4.23. The van der Waals surface area contributed by atoms with Crippen LogP contribution in [0.2, 0.25) is 0 Å². The zero-order valence-corrected chi connectivity index (χ0v) is 18.5. The van der Waals surface area contributed by atoms with E-state index in [1.54, 1.807) is 6.20 Å². The summed E-state index contributed by atoms with van der Waals surface area (Å²) in [5.74, 6) is 0. The average Bonchev–Trinajstić information content (AvgIpc) is 3.55. The lowest BCUT2D eigenvalue weighted by Gasteiger charge is -2.34. The molecule has 1 fully saturated rings. The number of hydrogen-bond donors (Lipinski definition) is 1. The topological polar surface area (TPSA) is 65.9 Å². The van der Waals surface area contributed by atoms with Crippen LogP contribution in [0, 0.1) is 0 Å². The Hall–Kier alpha value is -3.97. The van der Waals surface area contributed by atoms with Crippen LogP contribution in [0.5, 0.6) is 0 Å². The van der Waals surface area contributed by atoms with Gasteiger partial charge in [-0.3, -0.25) is 5.10 Å². The number of benzene rings is 2. The van der Waals surface area contributed by atoms with E-state index in [4.69, 9.17) is 0 Å². The van der Waals surface area contributed by atoms with E-state index in [2.05, 4.69) is 91.7 Å². The van der Waals surface area contributed by atoms with Crippen LogP contribution in [0.3, 0.4) is 0 Å². The van der Waals surface area contributed by atoms with E-state index in [0.29, 0.717) is 0 Å². The summed E-state index contributed by atoms with van der Waals surface area (Å²) in [6.45, 7) is 4.35. The predicted molar refractivity (Wildman–Crippen MR) is 132 cm³/mol. The minimum atomic E-state index is 0.721. The summed E-state index contributed by atoms with van der Waals surface area (Å²) >= 11 is 0. The number of piperazine rings is 1. The molecule has 5 aromatic rings. The molecule has 3 aromatic heterocycles. The Balaban J connectivity index is 1.29. The molecule has 0 amide bonds. The molecule has 1 saturated heterocycles. The monoisotopic (exact) mass is 435 g/mol. The summed E-state index contributed by atoms with van der Waals surface area (Å²) in [5, 5.41) is 12.9. The standard InChI is InChI=1S/C26H25N7/c1-31-13-15-32(16-14-31)22-7-3-19(4-8-22)21-17-24-25(29-30-26(24)27-18-21)20-5-9-23(10-6-20)33-12-2-11-28-33/h2-12,17-18H,13-16H2,1H3,(H,27,29,30). The molecule has 0 saturated carbocycles. The maximum absolute atomic E-state index is 4.61. The molecule has 7 nitrogen and oxygen atoms in total. The zero-order valence-electron chi connectivity index (χ0n) is 18.5. The molecule has 2 aromatic carbocycles. The number of nitrogens with one attached hydrogen (secondary N) is 1. The third-order valence-corrected chi connectivity index (χ3v) is 6.40. The van der Waals surface area contributed by atoms with Crippen molar-refractivity contribution in [2.75, 3.05) is 38.1 Å². The highest BCUT2D eigenvalue weighted by atomic mass is 15.3. The number of aromatic nitrogens is 5. The van der Waals surface area contributed by atoms with E-state index in [1.165, 1.54) is 5.69 Å². The largest absolute Gasteiger partial charge is 0.369 e. The number of fused-ring (bicyclic) bond motifs is 1. The second-order valence-electron chi connectivity index (χ2n) is 8.53. The summed E-state index contributed by atoms with van der Waals surface area (Å²) < 4.78 is 1.85. The molecule has 7 heteroatoms. The van der Waals surface area contributed by atoms with Crippen molar-refractivity contribution < 1.29 is 0 Å². The summed E-state index contributed by atoms with van der Waals surface area (Å²) in [6, 6.07) is 21.2. The van der Waals surface area contributed by atoms with Crippen molar-refractivity contribution >= 4 is 16.7 Å². The van der Waals surface area contributed by atoms with E-state index >= 15 is 0 Å². The number of hydrogen-bond acceptors (Lipinski definition) is 5. The van der Waals surface area contributed by atoms with Crippen LogP contribution >= 0.6 is 0 Å². The molecule has 0 radical (unpaired) electrons. The van der Waals surface area contributed by atoms with Crippen LogP contribution in [0.25, 0.3) is 39.1 Å². The van der Waals surface area contributed by atoms with E-state index in [-0.39, 0.29) is 0 Å².